The van der Waals surface area contributed by atoms with Crippen molar-refractivity contribution < 1.29 is 14.7 Å². The molecule has 0 bridgehead atoms. The van der Waals surface area contributed by atoms with Crippen molar-refractivity contribution in [3.63, 3.8) is 0 Å². The summed E-state index contributed by atoms with van der Waals surface area (Å²) in [4.78, 5) is 38.7. The van der Waals surface area contributed by atoms with Crippen molar-refractivity contribution in [1.82, 2.24) is 36.6 Å². The number of aromatic amines is 1. The molecule has 45 heavy (non-hydrogen) atoms. The second kappa shape index (κ2) is 15.8. The maximum absolute atomic E-state index is 13.6. The van der Waals surface area contributed by atoms with Crippen molar-refractivity contribution in [2.75, 3.05) is 26.2 Å². The van der Waals surface area contributed by atoms with Crippen LogP contribution in [-0.2, 0) is 11.3 Å². The van der Waals surface area contributed by atoms with Gasteiger partial charge < -0.3 is 36.7 Å². The molecule has 11 heteroatoms. The van der Waals surface area contributed by atoms with E-state index in [1.807, 2.05) is 43.3 Å². The molecule has 0 spiro atoms. The molecule has 3 atom stereocenters. The van der Waals surface area contributed by atoms with E-state index in [-0.39, 0.29) is 30.5 Å². The van der Waals surface area contributed by atoms with E-state index in [4.69, 9.17) is 0 Å². The van der Waals surface area contributed by atoms with Gasteiger partial charge in [0.15, 0.2) is 5.96 Å². The van der Waals surface area contributed by atoms with Crippen molar-refractivity contribution in [1.29, 1.82) is 0 Å². The highest BCUT2D eigenvalue weighted by atomic mass is 16.3. The molecule has 2 heterocycles. The number of hydrogen-bond donors (Lipinski definition) is 7. The van der Waals surface area contributed by atoms with Gasteiger partial charge in [-0.25, -0.2) is 4.98 Å². The number of hydrogen-bond acceptors (Lipinski definition) is 8. The number of amides is 2. The minimum atomic E-state index is -0.718. The largest absolute Gasteiger partial charge is 0.396 e. The Bertz CT molecular complexity index is 1570. The third kappa shape index (κ3) is 8.68. The molecule has 11 nitrogen and oxygen atoms in total. The first kappa shape index (κ1) is 31.7. The molecule has 3 aromatic carbocycles. The van der Waals surface area contributed by atoms with Gasteiger partial charge in [0, 0.05) is 44.2 Å². The minimum absolute atomic E-state index is 0.0364. The quantitative estimate of drug-likeness (QED) is 0.102. The zero-order chi connectivity index (χ0) is 31.4. The molecule has 1 aliphatic rings. The highest BCUT2D eigenvalue weighted by Crippen LogP contribution is 2.24. The number of benzene rings is 3. The van der Waals surface area contributed by atoms with Crippen LogP contribution in [0, 0.1) is 0 Å². The number of carbonyl (C=O) groups is 2. The Balaban J connectivity index is 1.22. The lowest BCUT2D eigenvalue weighted by atomic mass is 9.99. The van der Waals surface area contributed by atoms with Crippen LogP contribution in [0.3, 0.4) is 0 Å². The summed E-state index contributed by atoms with van der Waals surface area (Å²) in [5.74, 6) is 0.998. The maximum Gasteiger partial charge on any atom is 0.251 e. The summed E-state index contributed by atoms with van der Waals surface area (Å²) in [6.45, 7) is 4.73. The van der Waals surface area contributed by atoms with Gasteiger partial charge in [-0.2, -0.15) is 0 Å². The molecule has 4 aromatic rings. The van der Waals surface area contributed by atoms with Crippen molar-refractivity contribution in [2.45, 2.75) is 50.9 Å². The zero-order valence-electron chi connectivity index (χ0n) is 25.6. The second-order valence-electron chi connectivity index (χ2n) is 11.2. The Labute approximate surface area is 263 Å². The van der Waals surface area contributed by atoms with Gasteiger partial charge in [0.1, 0.15) is 11.9 Å². The number of nitrogens with one attached hydrogen (secondary N) is 6. The third-order valence-corrected chi connectivity index (χ3v) is 7.94. The molecule has 0 saturated heterocycles. The minimum Gasteiger partial charge on any atom is -0.396 e. The third-order valence-electron chi connectivity index (χ3n) is 7.94. The maximum atomic E-state index is 13.6. The highest BCUT2D eigenvalue weighted by Gasteiger charge is 2.24. The SMILES string of the molecule is C[C@H](NC(=O)[C@H](CCCNC1=NCCN1)NC(=O)c1ccc(CNC(CCO)c2ncc[nH]2)cc1)c1cccc2ccccc12. The van der Waals surface area contributed by atoms with Crippen LogP contribution in [0.4, 0.5) is 0 Å². The molecule has 5 rings (SSSR count). The normalized spacial score (nSPS) is 14.7. The van der Waals surface area contributed by atoms with Crippen molar-refractivity contribution in [2.24, 2.45) is 4.99 Å². The number of aliphatic hydroxyl groups excluding tert-OH is 1. The molecule has 0 radical (unpaired) electrons. The van der Waals surface area contributed by atoms with E-state index in [1.165, 1.54) is 0 Å². The summed E-state index contributed by atoms with van der Waals surface area (Å²) < 4.78 is 0. The van der Waals surface area contributed by atoms with E-state index in [0.717, 1.165) is 46.8 Å². The standard InChI is InChI=1S/C34H42N8O3/c1-23(27-9-4-7-25-6-2-3-8-28(25)27)41-33(45)30(10-5-16-37-34-38-19-20-39-34)42-32(44)26-13-11-24(12-14-26)22-40-29(15-21-43)31-35-17-18-36-31/h2-4,6-9,11-14,17-18,23,29-30,40,43H,5,10,15-16,19-22H2,1H3,(H,35,36)(H,41,45)(H,42,44)(H2,37,38,39)/t23-,29?,30-/m0/s1. The van der Waals surface area contributed by atoms with E-state index in [0.29, 0.717) is 37.9 Å². The van der Waals surface area contributed by atoms with Crippen LogP contribution >= 0.6 is 0 Å². The number of aliphatic imine (C=N–C) groups is 1. The number of imidazole rings is 1. The molecule has 236 valence electrons. The van der Waals surface area contributed by atoms with Crippen LogP contribution < -0.4 is 26.6 Å². The average molecular weight is 611 g/mol. The summed E-state index contributed by atoms with van der Waals surface area (Å²) in [6.07, 6.45) is 5.09. The summed E-state index contributed by atoms with van der Waals surface area (Å²) in [7, 11) is 0. The molecule has 7 N–H and O–H groups in total. The van der Waals surface area contributed by atoms with Gasteiger partial charge in [-0.05, 0) is 60.2 Å². The number of H-pyrrole nitrogens is 1. The fourth-order valence-electron chi connectivity index (χ4n) is 5.51. The molecule has 1 unspecified atom stereocenters. The van der Waals surface area contributed by atoms with E-state index < -0.39 is 6.04 Å². The van der Waals surface area contributed by atoms with Gasteiger partial charge in [0.25, 0.3) is 5.91 Å². The van der Waals surface area contributed by atoms with Gasteiger partial charge in [0.2, 0.25) is 5.91 Å². The molecule has 1 aromatic heterocycles. The zero-order valence-corrected chi connectivity index (χ0v) is 25.6. The van der Waals surface area contributed by atoms with Gasteiger partial charge >= 0.3 is 0 Å². The predicted molar refractivity (Wildman–Crippen MR) is 176 cm³/mol. The fraction of sp³-hybridized carbons (Fsp3) is 0.353. The van der Waals surface area contributed by atoms with Crippen molar-refractivity contribution in [3.05, 3.63) is 102 Å². The van der Waals surface area contributed by atoms with Crippen LogP contribution in [0.5, 0.6) is 0 Å². The Morgan fingerprint density at radius 1 is 1.00 bits per heavy atom. The first-order valence-electron chi connectivity index (χ1n) is 15.6. The summed E-state index contributed by atoms with van der Waals surface area (Å²) in [5.41, 5.74) is 2.48. The lowest BCUT2D eigenvalue weighted by Gasteiger charge is -2.23. The van der Waals surface area contributed by atoms with Crippen LogP contribution in [-0.4, -0.2) is 65.1 Å². The second-order valence-corrected chi connectivity index (χ2v) is 11.2. The molecule has 0 saturated carbocycles. The monoisotopic (exact) mass is 610 g/mol. The lowest BCUT2D eigenvalue weighted by Crippen LogP contribution is -2.47. The van der Waals surface area contributed by atoms with Gasteiger partial charge in [0.05, 0.1) is 18.6 Å². The molecule has 0 fully saturated rings. The van der Waals surface area contributed by atoms with Crippen LogP contribution in [0.25, 0.3) is 10.8 Å². The van der Waals surface area contributed by atoms with Gasteiger partial charge in [-0.15, -0.1) is 0 Å². The number of carbonyl (C=O) groups excluding carboxylic acids is 2. The molecular weight excluding hydrogens is 568 g/mol. The number of guanidine groups is 1. The summed E-state index contributed by atoms with van der Waals surface area (Å²) >= 11 is 0. The number of aliphatic hydroxyl groups is 1. The molecule has 2 amide bonds. The van der Waals surface area contributed by atoms with Gasteiger partial charge in [-0.3, -0.25) is 14.6 Å². The number of rotatable bonds is 15. The number of nitrogens with zero attached hydrogens (tertiary/aromatic N) is 2. The Morgan fingerprint density at radius 2 is 1.82 bits per heavy atom. The Kier molecular flexibility index (Phi) is 11.1. The van der Waals surface area contributed by atoms with E-state index in [2.05, 4.69) is 59.7 Å². The Hall–Kier alpha value is -4.74. The highest BCUT2D eigenvalue weighted by molar-refractivity contribution is 5.97. The average Bonchev–Trinajstić information content (AvgIpc) is 3.80. The van der Waals surface area contributed by atoms with E-state index in [1.54, 1.807) is 24.5 Å². The van der Waals surface area contributed by atoms with Crippen molar-refractivity contribution >= 4 is 28.5 Å². The van der Waals surface area contributed by atoms with E-state index >= 15 is 0 Å². The topological polar surface area (TPSA) is 156 Å². The van der Waals surface area contributed by atoms with E-state index in [9.17, 15) is 14.7 Å². The smallest absolute Gasteiger partial charge is 0.251 e. The van der Waals surface area contributed by atoms with Crippen LogP contribution in [0.15, 0.2) is 84.1 Å². The first-order valence-corrected chi connectivity index (χ1v) is 15.6. The predicted octanol–water partition coefficient (Wildman–Crippen LogP) is 3.08. The molecule has 1 aliphatic heterocycles. The first-order chi connectivity index (χ1) is 22.0. The molecule has 0 aliphatic carbocycles. The molecular formula is C34H42N8O3. The van der Waals surface area contributed by atoms with Gasteiger partial charge in [-0.1, -0.05) is 54.6 Å². The summed E-state index contributed by atoms with van der Waals surface area (Å²) in [6, 6.07) is 20.4. The fourth-order valence-corrected chi connectivity index (χ4v) is 5.51. The lowest BCUT2D eigenvalue weighted by molar-refractivity contribution is -0.123. The van der Waals surface area contributed by atoms with Crippen LogP contribution in [0.1, 0.15) is 65.6 Å². The van der Waals surface area contributed by atoms with Crippen LogP contribution in [0.2, 0.25) is 0 Å². The summed E-state index contributed by atoms with van der Waals surface area (Å²) in [5, 5.41) is 27.6. The number of aromatic nitrogens is 2. The Morgan fingerprint density at radius 3 is 2.58 bits per heavy atom. The van der Waals surface area contributed by atoms with Crippen molar-refractivity contribution in [3.8, 4) is 0 Å². The number of fused-ring (bicyclic) bond motifs is 1.